The van der Waals surface area contributed by atoms with Crippen molar-refractivity contribution in [3.63, 3.8) is 0 Å². The van der Waals surface area contributed by atoms with Crippen LogP contribution in [-0.2, 0) is 4.79 Å². The topological polar surface area (TPSA) is 60.8 Å². The Hall–Kier alpha value is -0.610. The van der Waals surface area contributed by atoms with Crippen molar-refractivity contribution in [2.24, 2.45) is 0 Å². The third-order valence-electron chi connectivity index (χ3n) is 4.32. The lowest BCUT2D eigenvalue weighted by atomic mass is 9.91. The number of rotatable bonds is 4. The number of aliphatic carboxylic acids is 1. The van der Waals surface area contributed by atoms with E-state index < -0.39 is 5.97 Å². The number of hydrogen-bond donors (Lipinski definition) is 2. The summed E-state index contributed by atoms with van der Waals surface area (Å²) in [4.78, 5) is 12.4. The summed E-state index contributed by atoms with van der Waals surface area (Å²) in [7, 11) is 0. The largest absolute Gasteiger partial charge is 0.481 e. The van der Waals surface area contributed by atoms with Gasteiger partial charge in [-0.1, -0.05) is 19.8 Å². The van der Waals surface area contributed by atoms with E-state index in [2.05, 4.69) is 4.90 Å². The highest BCUT2D eigenvalue weighted by atomic mass is 16.4. The van der Waals surface area contributed by atoms with Gasteiger partial charge in [0.05, 0.1) is 6.10 Å². The Balaban J connectivity index is 0.000000246. The summed E-state index contributed by atoms with van der Waals surface area (Å²) in [6, 6.07) is 0.795. The van der Waals surface area contributed by atoms with E-state index in [1.807, 2.05) is 6.92 Å². The maximum absolute atomic E-state index is 9.76. The number of nitrogens with zero attached hydrogens (tertiary/aromatic N) is 1. The molecule has 2 N–H and O–H groups in total. The molecule has 1 aliphatic heterocycles. The number of carbonyl (C=O) groups is 1. The van der Waals surface area contributed by atoms with Crippen LogP contribution in [-0.4, -0.2) is 46.3 Å². The molecule has 0 aromatic heterocycles. The number of likely N-dealkylation sites (tertiary alicyclic amines) is 1. The van der Waals surface area contributed by atoms with E-state index in [9.17, 15) is 9.90 Å². The SMILES string of the molecule is CCCCC(=O)O.OC1CCC(N2CCCCC2)CC1. The Morgan fingerprint density at radius 2 is 1.70 bits per heavy atom. The second-order valence-corrected chi connectivity index (χ2v) is 6.06. The molecule has 1 saturated heterocycles. The van der Waals surface area contributed by atoms with Gasteiger partial charge in [0.25, 0.3) is 0 Å². The summed E-state index contributed by atoms with van der Waals surface area (Å²) in [5, 5.41) is 17.5. The van der Waals surface area contributed by atoms with Crippen molar-refractivity contribution in [2.45, 2.75) is 83.3 Å². The second kappa shape index (κ2) is 10.2. The normalized spacial score (nSPS) is 27.5. The highest BCUT2D eigenvalue weighted by Gasteiger charge is 2.25. The Labute approximate surface area is 123 Å². The molecule has 4 heteroatoms. The molecule has 0 spiro atoms. The van der Waals surface area contributed by atoms with Crippen LogP contribution < -0.4 is 0 Å². The zero-order valence-electron chi connectivity index (χ0n) is 12.9. The van der Waals surface area contributed by atoms with Crippen molar-refractivity contribution in [1.29, 1.82) is 0 Å². The number of carboxylic acid groups (broad SMARTS) is 1. The van der Waals surface area contributed by atoms with Gasteiger partial charge in [-0.25, -0.2) is 0 Å². The number of aliphatic hydroxyl groups excluding tert-OH is 1. The molecule has 2 fully saturated rings. The van der Waals surface area contributed by atoms with E-state index in [0.29, 0.717) is 6.42 Å². The lowest BCUT2D eigenvalue weighted by molar-refractivity contribution is -0.137. The summed E-state index contributed by atoms with van der Waals surface area (Å²) < 4.78 is 0. The zero-order chi connectivity index (χ0) is 14.8. The third-order valence-corrected chi connectivity index (χ3v) is 4.32. The second-order valence-electron chi connectivity index (χ2n) is 6.06. The molecule has 20 heavy (non-hydrogen) atoms. The van der Waals surface area contributed by atoms with Gasteiger partial charge in [0.15, 0.2) is 0 Å². The molecule has 0 bridgehead atoms. The average Bonchev–Trinajstić information content (AvgIpc) is 2.47. The number of piperidine rings is 1. The highest BCUT2D eigenvalue weighted by Crippen LogP contribution is 2.25. The van der Waals surface area contributed by atoms with E-state index in [1.165, 1.54) is 45.2 Å². The zero-order valence-corrected chi connectivity index (χ0v) is 12.9. The van der Waals surface area contributed by atoms with Gasteiger partial charge in [-0.15, -0.1) is 0 Å². The molecule has 0 atom stereocenters. The monoisotopic (exact) mass is 285 g/mol. The lowest BCUT2D eigenvalue weighted by Gasteiger charge is -2.37. The van der Waals surface area contributed by atoms with Crippen molar-refractivity contribution >= 4 is 5.97 Å². The van der Waals surface area contributed by atoms with Crippen LogP contribution in [0.25, 0.3) is 0 Å². The maximum Gasteiger partial charge on any atom is 0.303 e. The molecule has 0 unspecified atom stereocenters. The standard InChI is InChI=1S/C11H21NO.C5H10O2/c13-11-6-4-10(5-7-11)12-8-2-1-3-9-12;1-2-3-4-5(6)7/h10-11,13H,1-9H2;2-4H2,1H3,(H,6,7). The van der Waals surface area contributed by atoms with Crippen molar-refractivity contribution in [1.82, 2.24) is 4.90 Å². The van der Waals surface area contributed by atoms with Crippen LogP contribution in [0.3, 0.4) is 0 Å². The number of unbranched alkanes of at least 4 members (excludes halogenated alkanes) is 1. The van der Waals surface area contributed by atoms with Crippen LogP contribution in [0.5, 0.6) is 0 Å². The van der Waals surface area contributed by atoms with Gasteiger partial charge in [-0.2, -0.15) is 0 Å². The average molecular weight is 285 g/mol. The predicted molar refractivity (Wildman–Crippen MR) is 80.8 cm³/mol. The summed E-state index contributed by atoms with van der Waals surface area (Å²) in [6.45, 7) is 4.59. The molecule has 0 aromatic carbocycles. The lowest BCUT2D eigenvalue weighted by Crippen LogP contribution is -2.41. The fourth-order valence-electron chi connectivity index (χ4n) is 3.03. The molecule has 1 heterocycles. The van der Waals surface area contributed by atoms with Crippen molar-refractivity contribution in [2.75, 3.05) is 13.1 Å². The molecule has 4 nitrogen and oxygen atoms in total. The molecular formula is C16H31NO3. The minimum Gasteiger partial charge on any atom is -0.481 e. The third kappa shape index (κ3) is 7.25. The van der Waals surface area contributed by atoms with E-state index in [4.69, 9.17) is 5.11 Å². The van der Waals surface area contributed by atoms with Crippen molar-refractivity contribution in [3.05, 3.63) is 0 Å². The van der Waals surface area contributed by atoms with Gasteiger partial charge < -0.3 is 15.1 Å². The number of hydrogen-bond acceptors (Lipinski definition) is 3. The Morgan fingerprint density at radius 3 is 2.15 bits per heavy atom. The van der Waals surface area contributed by atoms with Gasteiger partial charge in [-0.05, 0) is 58.0 Å². The summed E-state index contributed by atoms with van der Waals surface area (Å²) >= 11 is 0. The Kier molecular flexibility index (Phi) is 8.86. The number of aliphatic hydroxyl groups is 1. The number of carboxylic acids is 1. The van der Waals surface area contributed by atoms with E-state index in [1.54, 1.807) is 0 Å². The van der Waals surface area contributed by atoms with Crippen molar-refractivity contribution in [3.8, 4) is 0 Å². The van der Waals surface area contributed by atoms with Crippen LogP contribution in [0.1, 0.15) is 71.1 Å². The van der Waals surface area contributed by atoms with Crippen LogP contribution >= 0.6 is 0 Å². The van der Waals surface area contributed by atoms with Crippen molar-refractivity contribution < 1.29 is 15.0 Å². The van der Waals surface area contributed by atoms with Crippen LogP contribution in [0.15, 0.2) is 0 Å². The minimum atomic E-state index is -0.693. The van der Waals surface area contributed by atoms with Crippen LogP contribution in [0, 0.1) is 0 Å². The van der Waals surface area contributed by atoms with E-state index >= 15 is 0 Å². The molecule has 1 saturated carbocycles. The fraction of sp³-hybridized carbons (Fsp3) is 0.938. The highest BCUT2D eigenvalue weighted by molar-refractivity contribution is 5.66. The summed E-state index contributed by atoms with van der Waals surface area (Å²) in [6.07, 6.45) is 10.8. The fourth-order valence-corrected chi connectivity index (χ4v) is 3.03. The van der Waals surface area contributed by atoms with E-state index in [-0.39, 0.29) is 6.10 Å². The first kappa shape index (κ1) is 17.4. The van der Waals surface area contributed by atoms with Crippen LogP contribution in [0.2, 0.25) is 0 Å². The summed E-state index contributed by atoms with van der Waals surface area (Å²) in [5.74, 6) is -0.693. The minimum absolute atomic E-state index is 0.000963. The van der Waals surface area contributed by atoms with Gasteiger partial charge in [-0.3, -0.25) is 4.79 Å². The van der Waals surface area contributed by atoms with E-state index in [0.717, 1.165) is 31.7 Å². The smallest absolute Gasteiger partial charge is 0.303 e. The maximum atomic E-state index is 9.76. The van der Waals surface area contributed by atoms with Gasteiger partial charge >= 0.3 is 5.97 Å². The van der Waals surface area contributed by atoms with Crippen LogP contribution in [0.4, 0.5) is 0 Å². The van der Waals surface area contributed by atoms with Gasteiger partial charge in [0, 0.05) is 12.5 Å². The molecule has 0 amide bonds. The summed E-state index contributed by atoms with van der Waals surface area (Å²) in [5.41, 5.74) is 0. The molecule has 2 aliphatic rings. The molecule has 1 aliphatic carbocycles. The first-order valence-corrected chi connectivity index (χ1v) is 8.27. The predicted octanol–water partition coefficient (Wildman–Crippen LogP) is 3.04. The molecule has 0 aromatic rings. The molecule has 118 valence electrons. The molecule has 2 rings (SSSR count). The molecule has 0 radical (unpaired) electrons. The first-order valence-electron chi connectivity index (χ1n) is 8.27. The Bertz CT molecular complexity index is 256. The Morgan fingerprint density at radius 1 is 1.10 bits per heavy atom. The van der Waals surface area contributed by atoms with Gasteiger partial charge in [0.1, 0.15) is 0 Å². The first-order chi connectivity index (χ1) is 9.63. The quantitative estimate of drug-likeness (QED) is 0.833. The van der Waals surface area contributed by atoms with Gasteiger partial charge in [0.2, 0.25) is 0 Å². The molecular weight excluding hydrogens is 254 g/mol.